The lowest BCUT2D eigenvalue weighted by atomic mass is 9.78. The van der Waals surface area contributed by atoms with Crippen molar-refractivity contribution in [2.75, 3.05) is 6.54 Å². The van der Waals surface area contributed by atoms with Gasteiger partial charge in [-0.25, -0.2) is 8.78 Å². The van der Waals surface area contributed by atoms with Gasteiger partial charge in [-0.2, -0.15) is 0 Å². The van der Waals surface area contributed by atoms with Crippen LogP contribution in [0.4, 0.5) is 8.78 Å². The molecular formula is C17H25F2NO. The largest absolute Gasteiger partial charge is 0.369 e. The highest BCUT2D eigenvalue weighted by Gasteiger charge is 2.50. The fourth-order valence-corrected chi connectivity index (χ4v) is 3.60. The molecule has 2 atom stereocenters. The van der Waals surface area contributed by atoms with Gasteiger partial charge in [0.05, 0.1) is 11.2 Å². The van der Waals surface area contributed by atoms with E-state index < -0.39 is 23.3 Å². The molecule has 1 saturated heterocycles. The molecule has 0 aromatic heterocycles. The molecule has 1 fully saturated rings. The Balaban J connectivity index is 2.45. The van der Waals surface area contributed by atoms with E-state index in [1.807, 2.05) is 34.6 Å². The van der Waals surface area contributed by atoms with E-state index in [0.29, 0.717) is 6.54 Å². The Hall–Kier alpha value is -1.00. The molecule has 0 aliphatic carbocycles. The van der Waals surface area contributed by atoms with E-state index in [-0.39, 0.29) is 17.1 Å². The van der Waals surface area contributed by atoms with Crippen LogP contribution < -0.4 is 5.32 Å². The molecule has 2 rings (SSSR count). The number of ether oxygens (including phenoxy) is 1. The summed E-state index contributed by atoms with van der Waals surface area (Å²) < 4.78 is 34.5. The summed E-state index contributed by atoms with van der Waals surface area (Å²) in [6.07, 6.45) is 0.755. The Kier molecular flexibility index (Phi) is 4.41. The van der Waals surface area contributed by atoms with Gasteiger partial charge in [0.25, 0.3) is 0 Å². The van der Waals surface area contributed by atoms with Gasteiger partial charge in [0, 0.05) is 17.5 Å². The fraction of sp³-hybridized carbons (Fsp3) is 0.647. The summed E-state index contributed by atoms with van der Waals surface area (Å²) in [5, 5.41) is 3.26. The van der Waals surface area contributed by atoms with E-state index in [9.17, 15) is 8.78 Å². The van der Waals surface area contributed by atoms with Gasteiger partial charge in [-0.3, -0.25) is 0 Å². The van der Waals surface area contributed by atoms with Crippen LogP contribution in [0.1, 0.15) is 52.6 Å². The lowest BCUT2D eigenvalue weighted by Gasteiger charge is -2.34. The van der Waals surface area contributed by atoms with Crippen molar-refractivity contribution in [3.05, 3.63) is 35.4 Å². The normalized spacial score (nSPS) is 25.0. The first kappa shape index (κ1) is 16.4. The van der Waals surface area contributed by atoms with Gasteiger partial charge in [-0.15, -0.1) is 0 Å². The molecule has 0 saturated carbocycles. The number of benzene rings is 1. The lowest BCUT2D eigenvalue weighted by Crippen LogP contribution is -2.39. The summed E-state index contributed by atoms with van der Waals surface area (Å²) in [4.78, 5) is 0. The van der Waals surface area contributed by atoms with Crippen molar-refractivity contribution in [3.8, 4) is 0 Å². The van der Waals surface area contributed by atoms with Crippen molar-refractivity contribution >= 4 is 0 Å². The molecule has 0 amide bonds. The fourth-order valence-electron chi connectivity index (χ4n) is 3.60. The number of rotatable bonds is 4. The molecule has 21 heavy (non-hydrogen) atoms. The second-order valence-electron chi connectivity index (χ2n) is 6.95. The maximum atomic E-state index is 14.2. The molecule has 1 aliphatic rings. The van der Waals surface area contributed by atoms with Crippen molar-refractivity contribution in [2.24, 2.45) is 5.92 Å². The number of nitrogens with one attached hydrogen (secondary N) is 1. The van der Waals surface area contributed by atoms with Gasteiger partial charge in [-0.1, -0.05) is 13.0 Å². The Morgan fingerprint density at radius 3 is 2.24 bits per heavy atom. The Morgan fingerprint density at radius 2 is 1.81 bits per heavy atom. The van der Waals surface area contributed by atoms with Crippen LogP contribution >= 0.6 is 0 Å². The van der Waals surface area contributed by atoms with Gasteiger partial charge in [0.2, 0.25) is 0 Å². The standard InChI is InChI=1S/C17H25F2NO/c1-6-20-15(14-12(18)8-7-9-13(14)19)11-10-16(2,3)21-17(11,4)5/h7-9,11,15,20H,6,10H2,1-5H3. The van der Waals surface area contributed by atoms with Crippen LogP contribution in [0, 0.1) is 17.6 Å². The zero-order valence-corrected chi connectivity index (χ0v) is 13.5. The Labute approximate surface area is 125 Å². The average Bonchev–Trinajstić information content (AvgIpc) is 2.55. The summed E-state index contributed by atoms with van der Waals surface area (Å²) in [6.45, 7) is 10.6. The van der Waals surface area contributed by atoms with E-state index in [2.05, 4.69) is 5.32 Å². The molecular weight excluding hydrogens is 272 g/mol. The molecule has 0 spiro atoms. The van der Waals surface area contributed by atoms with Crippen molar-refractivity contribution in [3.63, 3.8) is 0 Å². The molecule has 1 aliphatic heterocycles. The quantitative estimate of drug-likeness (QED) is 0.899. The number of halogens is 2. The highest BCUT2D eigenvalue weighted by molar-refractivity contribution is 5.25. The maximum Gasteiger partial charge on any atom is 0.130 e. The molecule has 4 heteroatoms. The van der Waals surface area contributed by atoms with Gasteiger partial charge >= 0.3 is 0 Å². The molecule has 1 N–H and O–H groups in total. The SMILES string of the molecule is CCNC(c1c(F)cccc1F)C1CC(C)(C)OC1(C)C. The highest BCUT2D eigenvalue weighted by atomic mass is 19.1. The minimum Gasteiger partial charge on any atom is -0.369 e. The molecule has 2 nitrogen and oxygen atoms in total. The van der Waals surface area contributed by atoms with Crippen molar-refractivity contribution in [1.29, 1.82) is 0 Å². The zero-order chi connectivity index (χ0) is 15.8. The Bertz CT molecular complexity index is 493. The average molecular weight is 297 g/mol. The molecule has 0 radical (unpaired) electrons. The third-order valence-electron chi connectivity index (χ3n) is 4.28. The summed E-state index contributed by atoms with van der Waals surface area (Å²) in [5.74, 6) is -0.998. The van der Waals surface area contributed by atoms with Gasteiger partial charge in [0.1, 0.15) is 11.6 Å². The summed E-state index contributed by atoms with van der Waals surface area (Å²) in [7, 11) is 0. The molecule has 118 valence electrons. The molecule has 1 aromatic carbocycles. The van der Waals surface area contributed by atoms with E-state index in [4.69, 9.17) is 4.74 Å². The molecule has 2 unspecified atom stereocenters. The first-order chi connectivity index (χ1) is 9.68. The van der Waals surface area contributed by atoms with Gasteiger partial charge in [0.15, 0.2) is 0 Å². The summed E-state index contributed by atoms with van der Waals surface area (Å²) in [6, 6.07) is 3.64. The first-order valence-corrected chi connectivity index (χ1v) is 7.55. The summed E-state index contributed by atoms with van der Waals surface area (Å²) in [5.41, 5.74) is -0.604. The van der Waals surface area contributed by atoms with Crippen LogP contribution in [-0.2, 0) is 4.74 Å². The van der Waals surface area contributed by atoms with E-state index in [0.717, 1.165) is 6.42 Å². The van der Waals surface area contributed by atoms with Crippen molar-refractivity contribution in [1.82, 2.24) is 5.32 Å². The predicted octanol–water partition coefficient (Wildman–Crippen LogP) is 4.21. The van der Waals surface area contributed by atoms with E-state index in [1.54, 1.807) is 0 Å². The minimum absolute atomic E-state index is 0.00106. The minimum atomic E-state index is -0.499. The lowest BCUT2D eigenvalue weighted by molar-refractivity contribution is -0.0779. The Morgan fingerprint density at radius 1 is 1.24 bits per heavy atom. The molecule has 1 heterocycles. The maximum absolute atomic E-state index is 14.2. The monoisotopic (exact) mass is 297 g/mol. The third-order valence-corrected chi connectivity index (χ3v) is 4.28. The molecule has 0 bridgehead atoms. The van der Waals surface area contributed by atoms with Crippen LogP contribution in [0.2, 0.25) is 0 Å². The summed E-state index contributed by atoms with van der Waals surface area (Å²) >= 11 is 0. The van der Waals surface area contributed by atoms with E-state index >= 15 is 0 Å². The third kappa shape index (κ3) is 3.27. The van der Waals surface area contributed by atoms with E-state index in [1.165, 1.54) is 18.2 Å². The number of hydrogen-bond acceptors (Lipinski definition) is 2. The van der Waals surface area contributed by atoms with Crippen molar-refractivity contribution < 1.29 is 13.5 Å². The van der Waals surface area contributed by atoms with Gasteiger partial charge in [-0.05, 0) is 52.8 Å². The second-order valence-corrected chi connectivity index (χ2v) is 6.95. The number of hydrogen-bond donors (Lipinski definition) is 1. The van der Waals surface area contributed by atoms with Crippen molar-refractivity contribution in [2.45, 2.75) is 58.3 Å². The van der Waals surface area contributed by atoms with Crippen LogP contribution in [0.15, 0.2) is 18.2 Å². The predicted molar refractivity (Wildman–Crippen MR) is 80.1 cm³/mol. The topological polar surface area (TPSA) is 21.3 Å². The van der Waals surface area contributed by atoms with Crippen LogP contribution in [0.5, 0.6) is 0 Å². The highest BCUT2D eigenvalue weighted by Crippen LogP contribution is 2.48. The van der Waals surface area contributed by atoms with Crippen LogP contribution in [0.25, 0.3) is 0 Å². The van der Waals surface area contributed by atoms with Gasteiger partial charge < -0.3 is 10.1 Å². The van der Waals surface area contributed by atoms with Crippen LogP contribution in [0.3, 0.4) is 0 Å². The second kappa shape index (κ2) is 5.65. The molecule has 1 aromatic rings. The smallest absolute Gasteiger partial charge is 0.130 e. The first-order valence-electron chi connectivity index (χ1n) is 7.55. The zero-order valence-electron chi connectivity index (χ0n) is 13.5. The van der Waals surface area contributed by atoms with Crippen LogP contribution in [-0.4, -0.2) is 17.7 Å².